The van der Waals surface area contributed by atoms with Gasteiger partial charge in [0.1, 0.15) is 4.21 Å². The van der Waals surface area contributed by atoms with E-state index in [2.05, 4.69) is 14.4 Å². The van der Waals surface area contributed by atoms with E-state index in [-0.39, 0.29) is 23.1 Å². The van der Waals surface area contributed by atoms with Gasteiger partial charge in [-0.1, -0.05) is 25.4 Å². The van der Waals surface area contributed by atoms with E-state index in [1.807, 2.05) is 13.8 Å². The normalized spacial score (nSPS) is 23.5. The minimum atomic E-state index is -3.57. The number of nitrogens with two attached hydrogens (primary N) is 1. The summed E-state index contributed by atoms with van der Waals surface area (Å²) in [6, 6.07) is -0.221. The van der Waals surface area contributed by atoms with Crippen LogP contribution in [0.2, 0.25) is 5.02 Å². The van der Waals surface area contributed by atoms with Crippen LogP contribution in [0.4, 0.5) is 0 Å². The van der Waals surface area contributed by atoms with Crippen molar-refractivity contribution >= 4 is 44.7 Å². The van der Waals surface area contributed by atoms with Gasteiger partial charge in [0.25, 0.3) is 5.91 Å². The summed E-state index contributed by atoms with van der Waals surface area (Å²) in [4.78, 5) is 24.7. The SMILES string of the molecule is CC(C)CC(N)C(=O)N=S(=O)(NC(=O)C1CC(O)CN1)c1cc(Cl)cs1. The van der Waals surface area contributed by atoms with Crippen molar-refractivity contribution in [1.82, 2.24) is 10.0 Å². The number of carbonyl (C=O) groups excluding carboxylic acids is 2. The molecule has 1 aromatic rings. The lowest BCUT2D eigenvalue weighted by atomic mass is 10.0. The van der Waals surface area contributed by atoms with E-state index in [4.69, 9.17) is 17.3 Å². The van der Waals surface area contributed by atoms with Crippen molar-refractivity contribution in [3.05, 3.63) is 16.5 Å². The summed E-state index contributed by atoms with van der Waals surface area (Å²) >= 11 is 6.92. The summed E-state index contributed by atoms with van der Waals surface area (Å²) in [6.45, 7) is 4.07. The molecule has 0 bridgehead atoms. The molecule has 2 rings (SSSR count). The monoisotopic (exact) mass is 422 g/mol. The molecule has 4 atom stereocenters. The molecule has 0 aromatic carbocycles. The molecule has 0 spiro atoms. The standard InChI is InChI=1S/C15H23ClN4O4S2/c1-8(2)3-11(17)14(22)19-26(24,13-4-9(16)7-25-13)20-15(23)12-5-10(21)6-18-12/h4,7-8,10-12,18,21H,3,5-6,17H2,1-2H3,(H,19,20,22,23,24). The number of rotatable bonds is 6. The van der Waals surface area contributed by atoms with E-state index in [1.165, 1.54) is 11.4 Å². The average Bonchev–Trinajstić information content (AvgIpc) is 3.15. The molecule has 1 aliphatic heterocycles. The molecule has 8 nitrogen and oxygen atoms in total. The van der Waals surface area contributed by atoms with Crippen LogP contribution in [0.1, 0.15) is 26.7 Å². The number of aliphatic hydroxyl groups excluding tert-OH is 1. The van der Waals surface area contributed by atoms with Crippen LogP contribution in [0.25, 0.3) is 0 Å². The molecular weight excluding hydrogens is 400 g/mol. The van der Waals surface area contributed by atoms with Crippen molar-refractivity contribution in [2.24, 2.45) is 16.0 Å². The van der Waals surface area contributed by atoms with Gasteiger partial charge < -0.3 is 16.2 Å². The zero-order chi connectivity index (χ0) is 19.5. The quantitative estimate of drug-likeness (QED) is 0.537. The highest BCUT2D eigenvalue weighted by molar-refractivity contribution is 7.94. The van der Waals surface area contributed by atoms with Crippen LogP contribution in [-0.2, 0) is 19.5 Å². The molecule has 1 aromatic heterocycles. The maximum atomic E-state index is 13.3. The predicted octanol–water partition coefficient (Wildman–Crippen LogP) is 0.882. The fraction of sp³-hybridized carbons (Fsp3) is 0.600. The second-order valence-corrected chi connectivity index (χ2v) is 10.1. The molecule has 1 aliphatic rings. The summed E-state index contributed by atoms with van der Waals surface area (Å²) in [7, 11) is -3.57. The Kier molecular flexibility index (Phi) is 7.17. The van der Waals surface area contributed by atoms with Crippen LogP contribution in [0.5, 0.6) is 0 Å². The predicted molar refractivity (Wildman–Crippen MR) is 101 cm³/mol. The summed E-state index contributed by atoms with van der Waals surface area (Å²) in [5, 5.41) is 14.2. The lowest BCUT2D eigenvalue weighted by Crippen LogP contribution is -2.43. The van der Waals surface area contributed by atoms with Crippen molar-refractivity contribution in [1.29, 1.82) is 0 Å². The van der Waals surface area contributed by atoms with Crippen molar-refractivity contribution in [2.75, 3.05) is 6.54 Å². The summed E-state index contributed by atoms with van der Waals surface area (Å²) < 4.78 is 19.6. The number of nitrogens with one attached hydrogen (secondary N) is 2. The fourth-order valence-corrected chi connectivity index (χ4v) is 5.58. The van der Waals surface area contributed by atoms with Gasteiger partial charge in [-0.15, -0.1) is 15.7 Å². The number of halogens is 1. The van der Waals surface area contributed by atoms with Gasteiger partial charge in [-0.25, -0.2) is 4.21 Å². The topological polar surface area (TPSA) is 134 Å². The molecule has 146 valence electrons. The van der Waals surface area contributed by atoms with E-state index in [0.717, 1.165) is 11.3 Å². The molecule has 0 radical (unpaired) electrons. The highest BCUT2D eigenvalue weighted by Crippen LogP contribution is 2.25. The van der Waals surface area contributed by atoms with E-state index in [1.54, 1.807) is 0 Å². The van der Waals surface area contributed by atoms with Crippen LogP contribution < -0.4 is 15.8 Å². The zero-order valence-corrected chi connectivity index (χ0v) is 16.9. The van der Waals surface area contributed by atoms with E-state index >= 15 is 0 Å². The van der Waals surface area contributed by atoms with Gasteiger partial charge in [-0.3, -0.25) is 14.3 Å². The highest BCUT2D eigenvalue weighted by Gasteiger charge is 2.31. The van der Waals surface area contributed by atoms with Crippen LogP contribution in [0, 0.1) is 5.92 Å². The summed E-state index contributed by atoms with van der Waals surface area (Å²) in [5.41, 5.74) is 5.83. The van der Waals surface area contributed by atoms with Gasteiger partial charge >= 0.3 is 0 Å². The number of amides is 2. The zero-order valence-electron chi connectivity index (χ0n) is 14.5. The van der Waals surface area contributed by atoms with E-state index in [0.29, 0.717) is 11.4 Å². The molecule has 4 unspecified atom stereocenters. The van der Waals surface area contributed by atoms with Crippen molar-refractivity contribution in [3.8, 4) is 0 Å². The third-order valence-electron chi connectivity index (χ3n) is 3.74. The molecule has 0 saturated carbocycles. The largest absolute Gasteiger partial charge is 0.392 e. The maximum Gasteiger partial charge on any atom is 0.272 e. The number of thiophene rings is 1. The van der Waals surface area contributed by atoms with Gasteiger partial charge in [-0.2, -0.15) is 0 Å². The Hall–Kier alpha value is -1.04. The number of hydrogen-bond donors (Lipinski definition) is 4. The van der Waals surface area contributed by atoms with Crippen LogP contribution in [-0.4, -0.2) is 45.9 Å². The fourth-order valence-electron chi connectivity index (χ4n) is 2.49. The minimum Gasteiger partial charge on any atom is -0.392 e. The number of nitrogens with zero attached hydrogens (tertiary/aromatic N) is 1. The van der Waals surface area contributed by atoms with Gasteiger partial charge in [0.2, 0.25) is 5.91 Å². The third-order valence-corrected chi connectivity index (χ3v) is 7.35. The summed E-state index contributed by atoms with van der Waals surface area (Å²) in [5.74, 6) is -1.19. The number of hydrogen-bond acceptors (Lipinski definition) is 7. The number of β-amino-alcohol motifs (C(OH)–C–C–N with tert-alkyl or cyclic N) is 1. The molecule has 2 heterocycles. The first-order valence-electron chi connectivity index (χ1n) is 8.14. The highest BCUT2D eigenvalue weighted by atomic mass is 35.5. The second-order valence-electron chi connectivity index (χ2n) is 6.59. The molecule has 5 N–H and O–H groups in total. The second kappa shape index (κ2) is 8.77. The Morgan fingerprint density at radius 2 is 2.27 bits per heavy atom. The Balaban J connectivity index is 2.31. The number of aliphatic hydroxyl groups is 1. The lowest BCUT2D eigenvalue weighted by Gasteiger charge is -2.15. The van der Waals surface area contributed by atoms with Gasteiger partial charge in [0.05, 0.1) is 23.2 Å². The Bertz CT molecular complexity index is 788. The minimum absolute atomic E-state index is 0.162. The Labute approximate surface area is 161 Å². The molecule has 2 amide bonds. The first-order chi connectivity index (χ1) is 12.1. The summed E-state index contributed by atoms with van der Waals surface area (Å²) in [6.07, 6.45) is -0.0863. The Morgan fingerprint density at radius 1 is 1.58 bits per heavy atom. The smallest absolute Gasteiger partial charge is 0.272 e. The molecule has 1 saturated heterocycles. The van der Waals surface area contributed by atoms with Gasteiger partial charge in [-0.05, 0) is 24.8 Å². The Morgan fingerprint density at radius 3 is 2.77 bits per heavy atom. The maximum absolute atomic E-state index is 13.3. The van der Waals surface area contributed by atoms with Crippen LogP contribution in [0.15, 0.2) is 20.0 Å². The van der Waals surface area contributed by atoms with Crippen LogP contribution in [0.3, 0.4) is 0 Å². The molecule has 11 heteroatoms. The van der Waals surface area contributed by atoms with E-state index < -0.39 is 39.9 Å². The van der Waals surface area contributed by atoms with Crippen LogP contribution >= 0.6 is 22.9 Å². The first-order valence-corrected chi connectivity index (χ1v) is 10.9. The lowest BCUT2D eigenvalue weighted by molar-refractivity contribution is -0.121. The average molecular weight is 423 g/mol. The van der Waals surface area contributed by atoms with Gasteiger partial charge in [0, 0.05) is 11.9 Å². The van der Waals surface area contributed by atoms with Crippen molar-refractivity contribution in [2.45, 2.75) is 49.1 Å². The van der Waals surface area contributed by atoms with Crippen molar-refractivity contribution < 1.29 is 18.9 Å². The molecule has 1 fully saturated rings. The molecular formula is C15H23ClN4O4S2. The first kappa shape index (κ1) is 21.3. The third kappa shape index (κ3) is 5.48. The molecule has 26 heavy (non-hydrogen) atoms. The van der Waals surface area contributed by atoms with Gasteiger partial charge in [0.15, 0.2) is 9.92 Å². The van der Waals surface area contributed by atoms with Crippen molar-refractivity contribution in [3.63, 3.8) is 0 Å². The number of carbonyl (C=O) groups is 2. The van der Waals surface area contributed by atoms with E-state index in [9.17, 15) is 18.9 Å². The molecule has 0 aliphatic carbocycles.